The highest BCUT2D eigenvalue weighted by Crippen LogP contribution is 2.48. The maximum absolute atomic E-state index is 13.2. The molecule has 3 aliphatic heterocycles. The molecule has 0 bridgehead atoms. The van der Waals surface area contributed by atoms with Gasteiger partial charge in [-0.15, -0.1) is 0 Å². The standard InChI is InChI=1S/C47H60N12O4/c1-29(2)59-46-40(44(48)51-28-52-46)41(55-59)42-39(43(63-56-42)33-9-10-33)45-49-26-34(27-50-45)32-19-24-58(25-20-32)38(61)8-6-4-3-5-7-21-57-22-17-31(18-23-57)30-11-13-35(14-12-30)53-36-15-16-37(60)54-47(36)62/h11-14,26-29,31-33,36,53H,3-10,15-25H2,1-2H3,(H2,48,51,52)(H,54,60,62). The lowest BCUT2D eigenvalue weighted by Crippen LogP contribution is -2.47. The van der Waals surface area contributed by atoms with Crippen molar-refractivity contribution in [3.05, 3.63) is 59.9 Å². The van der Waals surface area contributed by atoms with Crippen molar-refractivity contribution >= 4 is 40.3 Å². The molecule has 7 heterocycles. The van der Waals surface area contributed by atoms with Gasteiger partial charge in [-0.2, -0.15) is 5.10 Å². The molecule has 16 nitrogen and oxygen atoms in total. The Balaban J connectivity index is 0.680. The number of likely N-dealkylation sites (tertiary alicyclic amines) is 2. The predicted molar refractivity (Wildman–Crippen MR) is 240 cm³/mol. The minimum atomic E-state index is -0.361. The molecule has 16 heteroatoms. The quantitative estimate of drug-likeness (QED) is 0.0669. The molecular weight excluding hydrogens is 797 g/mol. The Morgan fingerprint density at radius 3 is 2.24 bits per heavy atom. The van der Waals surface area contributed by atoms with Crippen LogP contribution in [0.15, 0.2) is 47.5 Å². The third kappa shape index (κ3) is 9.60. The van der Waals surface area contributed by atoms with Gasteiger partial charge in [0.1, 0.15) is 29.6 Å². The molecule has 4 fully saturated rings. The smallest absolute Gasteiger partial charge is 0.249 e. The number of anilines is 2. The zero-order valence-corrected chi connectivity index (χ0v) is 36.6. The second-order valence-corrected chi connectivity index (χ2v) is 18.3. The lowest BCUT2D eigenvalue weighted by atomic mass is 9.89. The van der Waals surface area contributed by atoms with Crippen LogP contribution in [0.4, 0.5) is 11.5 Å². The van der Waals surface area contributed by atoms with Crippen molar-refractivity contribution in [3.63, 3.8) is 0 Å². The molecule has 4 aromatic heterocycles. The number of nitrogens with one attached hydrogen (secondary N) is 2. The topological polar surface area (TPSA) is 203 Å². The first-order chi connectivity index (χ1) is 30.7. The zero-order chi connectivity index (χ0) is 43.5. The molecule has 1 unspecified atom stereocenters. The lowest BCUT2D eigenvalue weighted by Gasteiger charge is -2.32. The van der Waals surface area contributed by atoms with E-state index in [1.165, 1.54) is 31.2 Å². The molecule has 1 aromatic carbocycles. The number of piperidine rings is 3. The minimum absolute atomic E-state index is 0.0487. The maximum atomic E-state index is 13.2. The summed E-state index contributed by atoms with van der Waals surface area (Å²) in [6.07, 6.45) is 18.6. The fourth-order valence-corrected chi connectivity index (χ4v) is 9.64. The number of hydrogen-bond donors (Lipinski definition) is 3. The molecule has 0 spiro atoms. The first-order valence-corrected chi connectivity index (χ1v) is 23.2. The average molecular weight is 857 g/mol. The molecular formula is C47H60N12O4. The normalized spacial score (nSPS) is 19.3. The van der Waals surface area contributed by atoms with Gasteiger partial charge in [0, 0.05) is 56.0 Å². The van der Waals surface area contributed by atoms with Gasteiger partial charge in [-0.05, 0) is 126 Å². The van der Waals surface area contributed by atoms with Gasteiger partial charge in [0.05, 0.1) is 10.9 Å². The number of unbranched alkanes of at least 4 members (excludes halogenated alkanes) is 4. The van der Waals surface area contributed by atoms with Crippen molar-refractivity contribution < 1.29 is 18.9 Å². The summed E-state index contributed by atoms with van der Waals surface area (Å²) in [6.45, 7) is 8.98. The molecule has 4 N–H and O–H groups in total. The van der Waals surface area contributed by atoms with Crippen LogP contribution in [0.2, 0.25) is 0 Å². The van der Waals surface area contributed by atoms with Crippen molar-refractivity contribution in [2.45, 2.75) is 134 Å². The van der Waals surface area contributed by atoms with Crippen LogP contribution < -0.4 is 16.4 Å². The largest absolute Gasteiger partial charge is 0.383 e. The van der Waals surface area contributed by atoms with Crippen LogP contribution in [0.5, 0.6) is 0 Å². The van der Waals surface area contributed by atoms with Crippen LogP contribution in [0.25, 0.3) is 33.8 Å². The van der Waals surface area contributed by atoms with Crippen LogP contribution in [0, 0.1) is 0 Å². The van der Waals surface area contributed by atoms with Gasteiger partial charge < -0.3 is 25.4 Å². The lowest BCUT2D eigenvalue weighted by molar-refractivity contribution is -0.134. The SMILES string of the molecule is CC(C)n1nc(-c2noc(C3CC3)c2-c2ncc(C3CCN(C(=O)CCCCCCCN4CCC(c5ccc(NC6CCC(=O)NC6=O)cc5)CC4)CC3)cn2)c2c(N)ncnc21. The molecule has 0 radical (unpaired) electrons. The Morgan fingerprint density at radius 1 is 0.825 bits per heavy atom. The molecule has 63 heavy (non-hydrogen) atoms. The molecule has 5 aromatic rings. The van der Waals surface area contributed by atoms with Gasteiger partial charge >= 0.3 is 0 Å². The second-order valence-electron chi connectivity index (χ2n) is 18.3. The van der Waals surface area contributed by atoms with Crippen molar-refractivity contribution in [2.75, 3.05) is 43.8 Å². The molecule has 4 aliphatic rings. The Morgan fingerprint density at radius 2 is 1.52 bits per heavy atom. The average Bonchev–Trinajstić information content (AvgIpc) is 3.92. The number of rotatable bonds is 16. The summed E-state index contributed by atoms with van der Waals surface area (Å²) in [6, 6.07) is 8.16. The van der Waals surface area contributed by atoms with E-state index in [2.05, 4.69) is 54.9 Å². The summed E-state index contributed by atoms with van der Waals surface area (Å²) in [4.78, 5) is 59.8. The van der Waals surface area contributed by atoms with E-state index < -0.39 is 0 Å². The molecule has 3 saturated heterocycles. The van der Waals surface area contributed by atoms with Crippen molar-refractivity contribution in [2.24, 2.45) is 0 Å². The Labute approximate surface area is 368 Å². The number of nitrogens with two attached hydrogens (primary N) is 1. The summed E-state index contributed by atoms with van der Waals surface area (Å²) in [5.74, 6) is 2.63. The first kappa shape index (κ1) is 42.5. The number of carbonyl (C=O) groups excluding carboxylic acids is 3. The van der Waals surface area contributed by atoms with Gasteiger partial charge in [-0.25, -0.2) is 24.6 Å². The van der Waals surface area contributed by atoms with Gasteiger partial charge in [0.25, 0.3) is 0 Å². The van der Waals surface area contributed by atoms with Gasteiger partial charge in [0.2, 0.25) is 17.7 Å². The summed E-state index contributed by atoms with van der Waals surface area (Å²) >= 11 is 0. The van der Waals surface area contributed by atoms with Crippen molar-refractivity contribution in [3.8, 4) is 22.8 Å². The van der Waals surface area contributed by atoms with Gasteiger partial charge in [-0.3, -0.25) is 19.7 Å². The number of aromatic nitrogens is 7. The fraction of sp³-hybridized carbons (Fsp3) is 0.553. The van der Waals surface area contributed by atoms with E-state index >= 15 is 0 Å². The molecule has 9 rings (SSSR count). The predicted octanol–water partition coefficient (Wildman–Crippen LogP) is 7.12. The highest BCUT2D eigenvalue weighted by atomic mass is 16.5. The van der Waals surface area contributed by atoms with E-state index in [1.807, 2.05) is 35.8 Å². The third-order valence-electron chi connectivity index (χ3n) is 13.5. The zero-order valence-electron chi connectivity index (χ0n) is 36.6. The fourth-order valence-electron chi connectivity index (χ4n) is 9.64. The van der Waals surface area contributed by atoms with Gasteiger partial charge in [-0.1, -0.05) is 36.6 Å². The Kier molecular flexibility index (Phi) is 12.8. The van der Waals surface area contributed by atoms with Crippen LogP contribution in [-0.4, -0.2) is 101 Å². The van der Waals surface area contributed by atoms with Gasteiger partial charge in [0.15, 0.2) is 17.2 Å². The number of amides is 3. The van der Waals surface area contributed by atoms with E-state index in [0.29, 0.717) is 65.2 Å². The highest BCUT2D eigenvalue weighted by molar-refractivity contribution is 6.01. The second kappa shape index (κ2) is 18.9. The molecule has 3 amide bonds. The van der Waals surface area contributed by atoms with E-state index in [4.69, 9.17) is 25.3 Å². The van der Waals surface area contributed by atoms with E-state index in [1.54, 1.807) is 0 Å². The minimum Gasteiger partial charge on any atom is -0.383 e. The molecule has 1 atom stereocenters. The van der Waals surface area contributed by atoms with Crippen LogP contribution in [0.1, 0.15) is 144 Å². The van der Waals surface area contributed by atoms with E-state index in [9.17, 15) is 14.4 Å². The number of benzene rings is 1. The van der Waals surface area contributed by atoms with E-state index in [0.717, 1.165) is 107 Å². The first-order valence-electron chi connectivity index (χ1n) is 23.2. The highest BCUT2D eigenvalue weighted by Gasteiger charge is 2.36. The van der Waals surface area contributed by atoms with Crippen LogP contribution >= 0.6 is 0 Å². The van der Waals surface area contributed by atoms with Crippen LogP contribution in [0.3, 0.4) is 0 Å². The summed E-state index contributed by atoms with van der Waals surface area (Å²) in [5.41, 5.74) is 12.3. The third-order valence-corrected chi connectivity index (χ3v) is 13.5. The molecule has 1 saturated carbocycles. The Bertz CT molecular complexity index is 2390. The summed E-state index contributed by atoms with van der Waals surface area (Å²) < 4.78 is 7.80. The molecule has 1 aliphatic carbocycles. The van der Waals surface area contributed by atoms with Crippen molar-refractivity contribution in [1.82, 2.24) is 50.0 Å². The number of fused-ring (bicyclic) bond motifs is 1. The summed E-state index contributed by atoms with van der Waals surface area (Å²) in [7, 11) is 0. The monoisotopic (exact) mass is 856 g/mol. The molecule has 332 valence electrons. The number of nitrogens with zero attached hydrogens (tertiary/aromatic N) is 9. The van der Waals surface area contributed by atoms with Crippen molar-refractivity contribution in [1.29, 1.82) is 0 Å². The Hall–Kier alpha value is -5.77. The number of nitrogen functional groups attached to an aromatic ring is 1. The number of imide groups is 1. The summed E-state index contributed by atoms with van der Waals surface area (Å²) in [5, 5.41) is 15.7. The van der Waals surface area contributed by atoms with E-state index in [-0.39, 0.29) is 35.7 Å². The number of hydrogen-bond acceptors (Lipinski definition) is 13. The maximum Gasteiger partial charge on any atom is 0.249 e. The van der Waals surface area contributed by atoms with Crippen LogP contribution in [-0.2, 0) is 14.4 Å². The number of carbonyl (C=O) groups is 3.